The van der Waals surface area contributed by atoms with Crippen LogP contribution in [0.25, 0.3) is 0 Å². The minimum absolute atomic E-state index is 0.174. The van der Waals surface area contributed by atoms with Crippen LogP contribution in [-0.2, 0) is 11.2 Å². The van der Waals surface area contributed by atoms with Gasteiger partial charge in [0.05, 0.1) is 11.1 Å². The van der Waals surface area contributed by atoms with Crippen LogP contribution in [0.5, 0.6) is 5.75 Å². The summed E-state index contributed by atoms with van der Waals surface area (Å²) in [5.41, 5.74) is 4.95. The lowest BCUT2D eigenvalue weighted by Gasteiger charge is -2.40. The summed E-state index contributed by atoms with van der Waals surface area (Å²) in [6, 6.07) is 18.9. The van der Waals surface area contributed by atoms with Crippen molar-refractivity contribution >= 4 is 27.5 Å². The van der Waals surface area contributed by atoms with E-state index >= 15 is 0 Å². The number of hydrogen-bond acceptors (Lipinski definition) is 5. The maximum absolute atomic E-state index is 12.2. The average molecular weight is 488 g/mol. The zero-order valence-electron chi connectivity index (χ0n) is 15.9. The molecule has 30 heavy (non-hydrogen) atoms. The van der Waals surface area contributed by atoms with Gasteiger partial charge < -0.3 is 20.7 Å². The minimum atomic E-state index is -1.80. The highest BCUT2D eigenvalue weighted by molar-refractivity contribution is 9.10. The van der Waals surface area contributed by atoms with Crippen molar-refractivity contribution in [2.24, 2.45) is 11.7 Å². The second-order valence-corrected chi connectivity index (χ2v) is 9.20. The lowest BCUT2D eigenvalue weighted by Crippen LogP contribution is -2.52. The van der Waals surface area contributed by atoms with Crippen molar-refractivity contribution in [3.8, 4) is 5.75 Å². The van der Waals surface area contributed by atoms with Gasteiger partial charge in [-0.05, 0) is 29.8 Å². The Balaban J connectivity index is 1.85. The number of aliphatic hydroxyl groups is 2. The highest BCUT2D eigenvalue weighted by atomic mass is 79.9. The number of halogens is 2. The van der Waals surface area contributed by atoms with Gasteiger partial charge in [-0.1, -0.05) is 70.0 Å². The zero-order chi connectivity index (χ0) is 21.1. The average Bonchev–Trinajstić information content (AvgIpc) is 3.12. The normalized spacial score (nSPS) is 31.8. The molecule has 0 amide bonds. The maximum atomic E-state index is 12.2. The minimum Gasteiger partial charge on any atom is -0.476 e. The molecule has 5 atom stereocenters. The second kappa shape index (κ2) is 7.04. The van der Waals surface area contributed by atoms with Crippen LogP contribution in [0.3, 0.4) is 0 Å². The Hall–Kier alpha value is -1.96. The summed E-state index contributed by atoms with van der Waals surface area (Å²) in [6.07, 6.45) is 0.269. The van der Waals surface area contributed by atoms with E-state index in [-0.39, 0.29) is 12.2 Å². The van der Waals surface area contributed by atoms with Gasteiger partial charge in [0.2, 0.25) is 0 Å². The Kier molecular flexibility index (Phi) is 4.69. The van der Waals surface area contributed by atoms with E-state index in [1.54, 1.807) is 6.07 Å². The molecule has 5 nitrogen and oxygen atoms in total. The standard InChI is InChI=1S/C23H20BrClN2O3/c24-15-8-6-14(7-9-15)23-19(13-4-2-1-3-5-13)17(11-26)21(28)22(23,29)20-18(30-23)10-16(25)12-27-20/h1-10,12,17,19,21,28-29H,11,26H2. The van der Waals surface area contributed by atoms with Crippen LogP contribution in [0.2, 0.25) is 5.02 Å². The Morgan fingerprint density at radius 1 is 1.13 bits per heavy atom. The molecule has 154 valence electrons. The molecule has 5 unspecified atom stereocenters. The Bertz CT molecular complexity index is 1100. The van der Waals surface area contributed by atoms with E-state index in [9.17, 15) is 10.2 Å². The molecule has 2 heterocycles. The molecule has 1 fully saturated rings. The first kappa shape index (κ1) is 20.0. The van der Waals surface area contributed by atoms with Crippen LogP contribution in [-0.4, -0.2) is 27.8 Å². The molecule has 0 bridgehead atoms. The molecule has 0 saturated heterocycles. The van der Waals surface area contributed by atoms with Crippen molar-refractivity contribution in [1.82, 2.24) is 4.98 Å². The number of benzene rings is 2. The monoisotopic (exact) mass is 486 g/mol. The van der Waals surface area contributed by atoms with Crippen molar-refractivity contribution in [3.63, 3.8) is 0 Å². The van der Waals surface area contributed by atoms with Crippen molar-refractivity contribution in [2.45, 2.75) is 23.2 Å². The SMILES string of the molecule is NCC1C(O)C2(O)c3ncc(Cl)cc3OC2(c2ccc(Br)cc2)C1c1ccccc1. The zero-order valence-corrected chi connectivity index (χ0v) is 18.2. The Labute approximate surface area is 187 Å². The van der Waals surface area contributed by atoms with Crippen LogP contribution in [0.4, 0.5) is 0 Å². The van der Waals surface area contributed by atoms with Crippen molar-refractivity contribution in [2.75, 3.05) is 6.54 Å². The van der Waals surface area contributed by atoms with Crippen LogP contribution >= 0.6 is 27.5 Å². The van der Waals surface area contributed by atoms with E-state index in [1.165, 1.54) is 6.20 Å². The van der Waals surface area contributed by atoms with E-state index in [0.29, 0.717) is 10.8 Å². The molecule has 1 aliphatic heterocycles. The number of fused-ring (bicyclic) bond motifs is 3. The fourth-order valence-electron chi connectivity index (χ4n) is 5.23. The van der Waals surface area contributed by atoms with Crippen molar-refractivity contribution in [3.05, 3.63) is 93.2 Å². The fraction of sp³-hybridized carbons (Fsp3) is 0.261. The molecule has 0 radical (unpaired) electrons. The summed E-state index contributed by atoms with van der Waals surface area (Å²) in [4.78, 5) is 4.39. The van der Waals surface area contributed by atoms with E-state index in [0.717, 1.165) is 15.6 Å². The second-order valence-electron chi connectivity index (χ2n) is 7.84. The van der Waals surface area contributed by atoms with Gasteiger partial charge in [0.15, 0.2) is 11.2 Å². The van der Waals surface area contributed by atoms with Crippen LogP contribution < -0.4 is 10.5 Å². The van der Waals surface area contributed by atoms with Crippen molar-refractivity contribution < 1.29 is 14.9 Å². The smallest absolute Gasteiger partial charge is 0.181 e. The number of hydrogen-bond donors (Lipinski definition) is 3. The molecular formula is C23H20BrClN2O3. The van der Waals surface area contributed by atoms with E-state index in [4.69, 9.17) is 22.1 Å². The molecule has 2 aliphatic rings. The first-order chi connectivity index (χ1) is 14.4. The third kappa shape index (κ3) is 2.49. The van der Waals surface area contributed by atoms with Gasteiger partial charge in [0, 0.05) is 28.6 Å². The van der Waals surface area contributed by atoms with Gasteiger partial charge in [-0.25, -0.2) is 0 Å². The summed E-state index contributed by atoms with van der Waals surface area (Å²) in [6.45, 7) is 0.174. The molecule has 3 aromatic rings. The predicted molar refractivity (Wildman–Crippen MR) is 117 cm³/mol. The van der Waals surface area contributed by atoms with Crippen molar-refractivity contribution in [1.29, 1.82) is 0 Å². The molecule has 2 aromatic carbocycles. The molecule has 5 rings (SSSR count). The van der Waals surface area contributed by atoms with Gasteiger partial charge in [-0.15, -0.1) is 0 Å². The van der Waals surface area contributed by atoms with E-state index in [1.807, 2.05) is 54.6 Å². The highest BCUT2D eigenvalue weighted by Gasteiger charge is 2.76. The van der Waals surface area contributed by atoms with Gasteiger partial charge in [0.25, 0.3) is 0 Å². The lowest BCUT2D eigenvalue weighted by atomic mass is 9.71. The lowest BCUT2D eigenvalue weighted by molar-refractivity contribution is -0.153. The number of aromatic nitrogens is 1. The summed E-state index contributed by atoms with van der Waals surface area (Å²) in [5, 5.41) is 24.0. The van der Waals surface area contributed by atoms with Gasteiger partial charge >= 0.3 is 0 Å². The largest absolute Gasteiger partial charge is 0.476 e. The van der Waals surface area contributed by atoms with Crippen LogP contribution in [0.1, 0.15) is 22.7 Å². The van der Waals surface area contributed by atoms with E-state index < -0.39 is 29.1 Å². The number of aliphatic hydroxyl groups excluding tert-OH is 1. The Morgan fingerprint density at radius 2 is 1.83 bits per heavy atom. The number of rotatable bonds is 3. The molecule has 0 spiro atoms. The summed E-state index contributed by atoms with van der Waals surface area (Å²) < 4.78 is 7.47. The highest BCUT2D eigenvalue weighted by Crippen LogP contribution is 2.67. The predicted octanol–water partition coefficient (Wildman–Crippen LogP) is 3.71. The summed E-state index contributed by atoms with van der Waals surface area (Å²) in [5.74, 6) is -0.507. The molecule has 1 saturated carbocycles. The molecule has 4 N–H and O–H groups in total. The fourth-order valence-corrected chi connectivity index (χ4v) is 5.64. The van der Waals surface area contributed by atoms with E-state index in [2.05, 4.69) is 20.9 Å². The summed E-state index contributed by atoms with van der Waals surface area (Å²) in [7, 11) is 0. The Morgan fingerprint density at radius 3 is 2.50 bits per heavy atom. The summed E-state index contributed by atoms with van der Waals surface area (Å²) >= 11 is 9.64. The number of ether oxygens (including phenoxy) is 1. The first-order valence-corrected chi connectivity index (χ1v) is 10.9. The molecule has 1 aliphatic carbocycles. The number of pyridine rings is 1. The van der Waals surface area contributed by atoms with Gasteiger partial charge in [-0.2, -0.15) is 0 Å². The third-order valence-electron chi connectivity index (χ3n) is 6.42. The topological polar surface area (TPSA) is 88.6 Å². The third-order valence-corrected chi connectivity index (χ3v) is 7.16. The van der Waals surface area contributed by atoms with Gasteiger partial charge in [0.1, 0.15) is 11.4 Å². The van der Waals surface area contributed by atoms with Crippen LogP contribution in [0, 0.1) is 5.92 Å². The molecule has 1 aromatic heterocycles. The number of nitrogens with zero attached hydrogens (tertiary/aromatic N) is 1. The maximum Gasteiger partial charge on any atom is 0.181 e. The quantitative estimate of drug-likeness (QED) is 0.524. The van der Waals surface area contributed by atoms with Crippen LogP contribution in [0.15, 0.2) is 71.3 Å². The van der Waals surface area contributed by atoms with Gasteiger partial charge in [-0.3, -0.25) is 4.98 Å². The molecule has 7 heteroatoms. The first-order valence-electron chi connectivity index (χ1n) is 9.70. The molecular weight excluding hydrogens is 468 g/mol. The number of nitrogens with two attached hydrogens (primary N) is 1.